The van der Waals surface area contributed by atoms with Crippen molar-refractivity contribution in [3.8, 4) is 5.75 Å². The van der Waals surface area contributed by atoms with E-state index in [2.05, 4.69) is 15.7 Å². The first kappa shape index (κ1) is 28.7. The predicted molar refractivity (Wildman–Crippen MR) is 125 cm³/mol. The minimum atomic E-state index is -4.51. The Kier molecular flexibility index (Phi) is 7.38. The maximum atomic E-state index is 13.3. The van der Waals surface area contributed by atoms with Crippen LogP contribution in [0.3, 0.4) is 0 Å². The van der Waals surface area contributed by atoms with Crippen LogP contribution in [0.2, 0.25) is 0 Å². The second-order valence-corrected chi connectivity index (χ2v) is 11.8. The Balaban J connectivity index is 1.64. The van der Waals surface area contributed by atoms with Crippen molar-refractivity contribution in [3.05, 3.63) is 40.7 Å². The standard InChI is InChI=1S/C23H24F6N4O5S/c1-39(36,37)10-17(34)30-18-16(3-2-7-22(24,25)26)32-33-11-21(31-20(35)19(18)33)8-6-13-9-14(4-5-15(13)21)38-12-23(27,28)29/h4-5,9H,2-3,6-8,10-12H2,1H3,(H,30,34)(H,31,35). The summed E-state index contributed by atoms with van der Waals surface area (Å²) < 4.78 is 105. The van der Waals surface area contributed by atoms with Gasteiger partial charge < -0.3 is 15.4 Å². The summed E-state index contributed by atoms with van der Waals surface area (Å²) in [7, 11) is -3.74. The molecule has 0 fully saturated rings. The van der Waals surface area contributed by atoms with Crippen molar-refractivity contribution in [2.45, 2.75) is 56.5 Å². The van der Waals surface area contributed by atoms with Crippen LogP contribution in [0, 0.1) is 0 Å². The molecule has 2 heterocycles. The van der Waals surface area contributed by atoms with Crippen LogP contribution in [0.5, 0.6) is 5.75 Å². The third-order valence-corrected chi connectivity index (χ3v) is 7.15. The molecule has 1 aliphatic heterocycles. The van der Waals surface area contributed by atoms with Crippen molar-refractivity contribution in [3.63, 3.8) is 0 Å². The molecule has 2 aromatic rings. The molecule has 0 radical (unpaired) electrons. The highest BCUT2D eigenvalue weighted by molar-refractivity contribution is 7.91. The summed E-state index contributed by atoms with van der Waals surface area (Å²) in [5.74, 6) is -2.57. The highest BCUT2D eigenvalue weighted by atomic mass is 32.2. The van der Waals surface area contributed by atoms with Crippen LogP contribution in [-0.4, -0.2) is 61.0 Å². The van der Waals surface area contributed by atoms with Crippen molar-refractivity contribution < 1.29 is 49.1 Å². The van der Waals surface area contributed by atoms with Gasteiger partial charge in [0.1, 0.15) is 17.2 Å². The van der Waals surface area contributed by atoms with Gasteiger partial charge in [-0.15, -0.1) is 0 Å². The number of benzene rings is 1. The van der Waals surface area contributed by atoms with Crippen molar-refractivity contribution in [1.29, 1.82) is 0 Å². The molecular formula is C23H24F6N4O5S. The highest BCUT2D eigenvalue weighted by Gasteiger charge is 2.46. The van der Waals surface area contributed by atoms with Crippen LogP contribution >= 0.6 is 0 Å². The number of hydrogen-bond acceptors (Lipinski definition) is 6. The van der Waals surface area contributed by atoms with Gasteiger partial charge in [0.05, 0.1) is 23.5 Å². The number of carbonyl (C=O) groups excluding carboxylic acids is 2. The van der Waals surface area contributed by atoms with Gasteiger partial charge in [0.15, 0.2) is 16.4 Å². The smallest absolute Gasteiger partial charge is 0.422 e. The van der Waals surface area contributed by atoms with Gasteiger partial charge in [0.2, 0.25) is 5.91 Å². The topological polar surface area (TPSA) is 119 Å². The second-order valence-electron chi connectivity index (χ2n) is 9.67. The van der Waals surface area contributed by atoms with E-state index >= 15 is 0 Å². The molecular weight excluding hydrogens is 558 g/mol. The number of alkyl halides is 6. The number of nitrogens with zero attached hydrogens (tertiary/aromatic N) is 2. The van der Waals surface area contributed by atoms with Crippen molar-refractivity contribution >= 4 is 27.3 Å². The Morgan fingerprint density at radius 2 is 1.92 bits per heavy atom. The fourth-order valence-electron chi connectivity index (χ4n) is 4.88. The Morgan fingerprint density at radius 3 is 2.56 bits per heavy atom. The zero-order valence-corrected chi connectivity index (χ0v) is 21.3. The average molecular weight is 583 g/mol. The average Bonchev–Trinajstić information content (AvgIpc) is 3.28. The summed E-state index contributed by atoms with van der Waals surface area (Å²) in [6, 6.07) is 4.35. The molecule has 0 bridgehead atoms. The first-order valence-electron chi connectivity index (χ1n) is 11.7. The molecule has 2 aliphatic rings. The number of fused-ring (bicyclic) bond motifs is 3. The fraction of sp³-hybridized carbons (Fsp3) is 0.522. The number of halogens is 6. The van der Waals surface area contributed by atoms with Crippen molar-refractivity contribution in [2.75, 3.05) is 23.9 Å². The Bertz CT molecular complexity index is 1400. The summed E-state index contributed by atoms with van der Waals surface area (Å²) in [4.78, 5) is 25.6. The first-order chi connectivity index (χ1) is 17.9. The molecule has 1 aromatic carbocycles. The van der Waals surface area contributed by atoms with E-state index in [9.17, 15) is 44.3 Å². The molecule has 39 heavy (non-hydrogen) atoms. The number of rotatable bonds is 8. The lowest BCUT2D eigenvalue weighted by atomic mass is 9.89. The number of nitrogens with one attached hydrogen (secondary N) is 2. The van der Waals surface area contributed by atoms with Crippen LogP contribution in [0.4, 0.5) is 32.0 Å². The summed E-state index contributed by atoms with van der Waals surface area (Å²) in [5, 5.41) is 9.51. The number of aryl methyl sites for hydroxylation is 2. The van der Waals surface area contributed by atoms with Gasteiger partial charge in [-0.3, -0.25) is 14.3 Å². The van der Waals surface area contributed by atoms with E-state index in [0.29, 0.717) is 24.0 Å². The molecule has 0 saturated carbocycles. The summed E-state index contributed by atoms with van der Waals surface area (Å²) >= 11 is 0. The predicted octanol–water partition coefficient (Wildman–Crippen LogP) is 3.28. The lowest BCUT2D eigenvalue weighted by Gasteiger charge is -2.36. The van der Waals surface area contributed by atoms with Crippen LogP contribution in [0.1, 0.15) is 46.6 Å². The zero-order chi connectivity index (χ0) is 28.8. The summed E-state index contributed by atoms with van der Waals surface area (Å²) in [6.07, 6.45) is -9.12. The number of amides is 2. The van der Waals surface area contributed by atoms with Gasteiger partial charge in [0, 0.05) is 12.7 Å². The van der Waals surface area contributed by atoms with Gasteiger partial charge in [-0.05, 0) is 48.9 Å². The lowest BCUT2D eigenvalue weighted by molar-refractivity contribution is -0.153. The van der Waals surface area contributed by atoms with Crippen LogP contribution < -0.4 is 15.4 Å². The largest absolute Gasteiger partial charge is 0.484 e. The van der Waals surface area contributed by atoms with E-state index in [0.717, 1.165) is 6.26 Å². The van der Waals surface area contributed by atoms with E-state index in [-0.39, 0.29) is 42.2 Å². The van der Waals surface area contributed by atoms with E-state index in [1.165, 1.54) is 16.8 Å². The summed E-state index contributed by atoms with van der Waals surface area (Å²) in [6.45, 7) is -1.44. The molecule has 1 unspecified atom stereocenters. The molecule has 2 amide bonds. The van der Waals surface area contributed by atoms with E-state index < -0.39 is 58.3 Å². The van der Waals surface area contributed by atoms with Crippen LogP contribution in [0.15, 0.2) is 18.2 Å². The Hall–Kier alpha value is -3.30. The van der Waals surface area contributed by atoms with Gasteiger partial charge in [-0.2, -0.15) is 31.4 Å². The monoisotopic (exact) mass is 582 g/mol. The van der Waals surface area contributed by atoms with Crippen LogP contribution in [0.25, 0.3) is 0 Å². The maximum Gasteiger partial charge on any atom is 0.422 e. The molecule has 1 aromatic heterocycles. The van der Waals surface area contributed by atoms with Gasteiger partial charge in [0.25, 0.3) is 5.91 Å². The zero-order valence-electron chi connectivity index (χ0n) is 20.5. The van der Waals surface area contributed by atoms with Crippen LogP contribution in [-0.2, 0) is 39.6 Å². The lowest BCUT2D eigenvalue weighted by Crippen LogP contribution is -2.52. The molecule has 9 nitrogen and oxygen atoms in total. The molecule has 1 atom stereocenters. The number of anilines is 1. The molecule has 16 heteroatoms. The van der Waals surface area contributed by atoms with Gasteiger partial charge in [-0.25, -0.2) is 8.42 Å². The van der Waals surface area contributed by atoms with Gasteiger partial charge >= 0.3 is 12.4 Å². The third-order valence-electron chi connectivity index (χ3n) is 6.36. The maximum absolute atomic E-state index is 13.3. The molecule has 2 N–H and O–H groups in total. The SMILES string of the molecule is CS(=O)(=O)CC(=O)Nc1c(CCCC(F)(F)F)nn2c1C(=O)NC1(CCc3cc(OCC(F)(F)F)ccc31)C2. The number of ether oxygens (including phenoxy) is 1. The molecule has 1 aliphatic carbocycles. The highest BCUT2D eigenvalue weighted by Crippen LogP contribution is 2.43. The third kappa shape index (κ3) is 6.83. The van der Waals surface area contributed by atoms with E-state index in [1.54, 1.807) is 6.07 Å². The number of sulfone groups is 1. The number of aromatic nitrogens is 2. The molecule has 0 saturated heterocycles. The van der Waals surface area contributed by atoms with Gasteiger partial charge in [-0.1, -0.05) is 6.07 Å². The normalized spacial score (nSPS) is 19.0. The van der Waals surface area contributed by atoms with Crippen molar-refractivity contribution in [2.24, 2.45) is 0 Å². The quantitative estimate of drug-likeness (QED) is 0.462. The second kappa shape index (κ2) is 10.0. The first-order valence-corrected chi connectivity index (χ1v) is 13.8. The molecule has 1 spiro atoms. The minimum absolute atomic E-state index is 0.00239. The Morgan fingerprint density at radius 1 is 1.21 bits per heavy atom. The minimum Gasteiger partial charge on any atom is -0.484 e. The molecule has 4 rings (SSSR count). The fourth-order valence-corrected chi connectivity index (χ4v) is 5.43. The summed E-state index contributed by atoms with van der Waals surface area (Å²) in [5.41, 5.74) is -0.0336. The molecule has 214 valence electrons. The number of hydrogen-bond donors (Lipinski definition) is 2. The van der Waals surface area contributed by atoms with E-state index in [4.69, 9.17) is 4.74 Å². The van der Waals surface area contributed by atoms with Crippen molar-refractivity contribution in [1.82, 2.24) is 15.1 Å². The Labute approximate surface area is 218 Å². The number of carbonyl (C=O) groups is 2. The van der Waals surface area contributed by atoms with E-state index in [1.807, 2.05) is 0 Å².